The molecule has 0 saturated carbocycles. The monoisotopic (exact) mass is 154 g/mol. The average molecular weight is 154 g/mol. The van der Waals surface area contributed by atoms with E-state index >= 15 is 0 Å². The largest absolute Gasteiger partial charge is 0.376 e. The first kappa shape index (κ1) is 8.27. The molecule has 1 N–H and O–H groups in total. The van der Waals surface area contributed by atoms with Crippen molar-refractivity contribution in [2.24, 2.45) is 0 Å². The van der Waals surface area contributed by atoms with Gasteiger partial charge in [0.1, 0.15) is 6.73 Å². The molecular formula is C8H14N2O. The lowest BCUT2D eigenvalue weighted by molar-refractivity contribution is 0.207. The lowest BCUT2D eigenvalue weighted by Gasteiger charge is -2.02. The Kier molecular flexibility index (Phi) is 2.65. The highest BCUT2D eigenvalue weighted by molar-refractivity contribution is 5.12. The van der Waals surface area contributed by atoms with Gasteiger partial charge < -0.3 is 9.67 Å². The fourth-order valence-electron chi connectivity index (χ4n) is 1.27. The first-order valence-corrected chi connectivity index (χ1v) is 3.97. The first-order valence-electron chi connectivity index (χ1n) is 3.97. The van der Waals surface area contributed by atoms with Crippen LogP contribution >= 0.6 is 0 Å². The van der Waals surface area contributed by atoms with Crippen molar-refractivity contribution in [2.75, 3.05) is 0 Å². The second-order valence-corrected chi connectivity index (χ2v) is 2.46. The minimum atomic E-state index is 0.0379. The van der Waals surface area contributed by atoms with Crippen LogP contribution in [0.4, 0.5) is 0 Å². The number of hydrogen-bond acceptors (Lipinski definition) is 2. The smallest absolute Gasteiger partial charge is 0.120 e. The van der Waals surface area contributed by atoms with Crippen LogP contribution in [0.15, 0.2) is 6.33 Å². The second kappa shape index (κ2) is 3.53. The van der Waals surface area contributed by atoms with E-state index < -0.39 is 0 Å². The third kappa shape index (κ3) is 1.43. The molecular weight excluding hydrogens is 140 g/mol. The highest BCUT2D eigenvalue weighted by Crippen LogP contribution is 2.08. The third-order valence-electron chi connectivity index (χ3n) is 1.85. The zero-order valence-corrected chi connectivity index (χ0v) is 7.04. The summed E-state index contributed by atoms with van der Waals surface area (Å²) in [6.07, 6.45) is 3.57. The number of hydrogen-bond donors (Lipinski definition) is 1. The zero-order chi connectivity index (χ0) is 8.27. The predicted octanol–water partition coefficient (Wildman–Crippen LogP) is 0.958. The highest BCUT2D eigenvalue weighted by Gasteiger charge is 2.04. The van der Waals surface area contributed by atoms with Crippen molar-refractivity contribution in [1.29, 1.82) is 0 Å². The number of imidazole rings is 1. The van der Waals surface area contributed by atoms with Gasteiger partial charge in [-0.1, -0.05) is 13.8 Å². The number of nitrogens with zero attached hydrogens (tertiary/aromatic N) is 2. The molecule has 0 aromatic carbocycles. The van der Waals surface area contributed by atoms with E-state index in [0.29, 0.717) is 0 Å². The molecule has 0 atom stereocenters. The molecule has 0 fully saturated rings. The van der Waals surface area contributed by atoms with Crippen molar-refractivity contribution in [3.63, 3.8) is 0 Å². The molecule has 0 aliphatic heterocycles. The fraction of sp³-hybridized carbons (Fsp3) is 0.625. The molecule has 62 valence electrons. The Hall–Kier alpha value is -0.830. The highest BCUT2D eigenvalue weighted by atomic mass is 16.3. The van der Waals surface area contributed by atoms with Crippen LogP contribution in [0.3, 0.4) is 0 Å². The van der Waals surface area contributed by atoms with Crippen molar-refractivity contribution >= 4 is 0 Å². The summed E-state index contributed by atoms with van der Waals surface area (Å²) >= 11 is 0. The zero-order valence-electron chi connectivity index (χ0n) is 7.04. The number of aryl methyl sites for hydroxylation is 1. The summed E-state index contributed by atoms with van der Waals surface area (Å²) in [6.45, 7) is 4.18. The standard InChI is InChI=1S/C8H14N2O/c1-3-7-8(4-2)10(6-11)5-9-7/h5,11H,3-4,6H2,1-2H3. The molecule has 11 heavy (non-hydrogen) atoms. The number of aromatic nitrogens is 2. The molecule has 0 spiro atoms. The molecule has 1 heterocycles. The second-order valence-electron chi connectivity index (χ2n) is 2.46. The van der Waals surface area contributed by atoms with Gasteiger partial charge in [0.05, 0.1) is 12.0 Å². The van der Waals surface area contributed by atoms with Crippen LogP contribution in [-0.4, -0.2) is 14.7 Å². The van der Waals surface area contributed by atoms with Gasteiger partial charge in [0.25, 0.3) is 0 Å². The van der Waals surface area contributed by atoms with Gasteiger partial charge in [0.2, 0.25) is 0 Å². The Balaban J connectivity index is 2.99. The van der Waals surface area contributed by atoms with Crippen LogP contribution in [-0.2, 0) is 19.6 Å². The third-order valence-corrected chi connectivity index (χ3v) is 1.85. The molecule has 0 radical (unpaired) electrons. The molecule has 1 rings (SSSR count). The predicted molar refractivity (Wildman–Crippen MR) is 43.2 cm³/mol. The van der Waals surface area contributed by atoms with Gasteiger partial charge in [-0.3, -0.25) is 0 Å². The Bertz CT molecular complexity index is 208. The number of rotatable bonds is 3. The van der Waals surface area contributed by atoms with Gasteiger partial charge in [-0.05, 0) is 12.8 Å². The van der Waals surface area contributed by atoms with E-state index in [1.165, 1.54) is 0 Å². The Morgan fingerprint density at radius 2 is 2.18 bits per heavy atom. The Morgan fingerprint density at radius 3 is 2.64 bits per heavy atom. The number of aliphatic hydroxyl groups is 1. The van der Waals surface area contributed by atoms with E-state index in [4.69, 9.17) is 5.11 Å². The minimum absolute atomic E-state index is 0.0379. The first-order chi connectivity index (χ1) is 5.33. The van der Waals surface area contributed by atoms with E-state index in [9.17, 15) is 0 Å². The summed E-state index contributed by atoms with van der Waals surface area (Å²) in [4.78, 5) is 4.18. The van der Waals surface area contributed by atoms with Crippen LogP contribution in [0.25, 0.3) is 0 Å². The van der Waals surface area contributed by atoms with Gasteiger partial charge in [0.15, 0.2) is 0 Å². The van der Waals surface area contributed by atoms with Crippen molar-refractivity contribution in [1.82, 2.24) is 9.55 Å². The maximum Gasteiger partial charge on any atom is 0.120 e. The molecule has 3 heteroatoms. The van der Waals surface area contributed by atoms with Crippen LogP contribution in [0.2, 0.25) is 0 Å². The molecule has 1 aromatic rings. The number of aliphatic hydroxyl groups excluding tert-OH is 1. The van der Waals surface area contributed by atoms with Gasteiger partial charge in [-0.2, -0.15) is 0 Å². The summed E-state index contributed by atoms with van der Waals surface area (Å²) in [7, 11) is 0. The van der Waals surface area contributed by atoms with E-state index in [1.54, 1.807) is 10.9 Å². The molecule has 0 saturated heterocycles. The molecule has 0 aliphatic rings. The van der Waals surface area contributed by atoms with Gasteiger partial charge >= 0.3 is 0 Å². The van der Waals surface area contributed by atoms with Crippen LogP contribution in [0.1, 0.15) is 25.2 Å². The normalized spacial score (nSPS) is 10.5. The minimum Gasteiger partial charge on any atom is -0.376 e. The molecule has 3 nitrogen and oxygen atoms in total. The maximum atomic E-state index is 8.88. The van der Waals surface area contributed by atoms with Crippen LogP contribution in [0.5, 0.6) is 0 Å². The topological polar surface area (TPSA) is 38.0 Å². The summed E-state index contributed by atoms with van der Waals surface area (Å²) in [6, 6.07) is 0. The van der Waals surface area contributed by atoms with Gasteiger partial charge in [-0.25, -0.2) is 4.98 Å². The maximum absolute atomic E-state index is 8.88. The molecule has 1 aromatic heterocycles. The van der Waals surface area contributed by atoms with Crippen molar-refractivity contribution in [3.05, 3.63) is 17.7 Å². The van der Waals surface area contributed by atoms with Gasteiger partial charge in [0, 0.05) is 5.69 Å². The Morgan fingerprint density at radius 1 is 1.45 bits per heavy atom. The lowest BCUT2D eigenvalue weighted by atomic mass is 10.2. The van der Waals surface area contributed by atoms with E-state index in [-0.39, 0.29) is 6.73 Å². The van der Waals surface area contributed by atoms with Crippen LogP contribution in [0, 0.1) is 0 Å². The molecule has 0 aliphatic carbocycles. The quantitative estimate of drug-likeness (QED) is 0.704. The Labute approximate surface area is 66.7 Å². The summed E-state index contributed by atoms with van der Waals surface area (Å²) in [5, 5.41) is 8.88. The lowest BCUT2D eigenvalue weighted by Crippen LogP contribution is -2.01. The van der Waals surface area contributed by atoms with E-state index in [1.807, 2.05) is 0 Å². The van der Waals surface area contributed by atoms with E-state index in [0.717, 1.165) is 24.2 Å². The summed E-state index contributed by atoms with van der Waals surface area (Å²) in [5.74, 6) is 0. The molecule has 0 amide bonds. The molecule has 0 bridgehead atoms. The van der Waals surface area contributed by atoms with Crippen molar-refractivity contribution in [2.45, 2.75) is 33.4 Å². The van der Waals surface area contributed by atoms with Crippen molar-refractivity contribution < 1.29 is 5.11 Å². The summed E-state index contributed by atoms with van der Waals surface area (Å²) in [5.41, 5.74) is 2.25. The van der Waals surface area contributed by atoms with Crippen molar-refractivity contribution in [3.8, 4) is 0 Å². The SMILES string of the molecule is CCc1ncn(CO)c1CC. The van der Waals surface area contributed by atoms with Gasteiger partial charge in [-0.15, -0.1) is 0 Å². The van der Waals surface area contributed by atoms with E-state index in [2.05, 4.69) is 18.8 Å². The fourth-order valence-corrected chi connectivity index (χ4v) is 1.27. The molecule has 0 unspecified atom stereocenters. The van der Waals surface area contributed by atoms with Crippen LogP contribution < -0.4 is 0 Å². The average Bonchev–Trinajstić information content (AvgIpc) is 2.45. The summed E-state index contributed by atoms with van der Waals surface area (Å²) < 4.78 is 1.78.